The second kappa shape index (κ2) is 7.63. The van der Waals surface area contributed by atoms with Crippen LogP contribution in [0.15, 0.2) is 23.1 Å². The highest BCUT2D eigenvalue weighted by atomic mass is 32.2. The largest absolute Gasteiger partial charge is 0.480 e. The third-order valence-corrected chi connectivity index (χ3v) is 4.69. The highest BCUT2D eigenvalue weighted by Gasteiger charge is 2.33. The number of alkyl halides is 3. The molecule has 0 amide bonds. The van der Waals surface area contributed by atoms with E-state index in [-0.39, 0.29) is 6.42 Å². The lowest BCUT2D eigenvalue weighted by Crippen LogP contribution is -2.40. The highest BCUT2D eigenvalue weighted by molar-refractivity contribution is 7.89. The number of sulfonamides is 1. The summed E-state index contributed by atoms with van der Waals surface area (Å²) in [5.74, 6) is -1.41. The summed E-state index contributed by atoms with van der Waals surface area (Å²) < 4.78 is 64.3. The van der Waals surface area contributed by atoms with E-state index in [9.17, 15) is 26.4 Å². The molecule has 0 saturated heterocycles. The number of hydrogen-bond acceptors (Lipinski definition) is 4. The topological polar surface area (TPSA) is 107 Å². The van der Waals surface area contributed by atoms with Crippen molar-refractivity contribution in [1.82, 2.24) is 4.72 Å². The van der Waals surface area contributed by atoms with E-state index in [2.05, 4.69) is 0 Å². The van der Waals surface area contributed by atoms with Crippen molar-refractivity contribution >= 4 is 16.0 Å². The summed E-state index contributed by atoms with van der Waals surface area (Å²) in [6, 6.07) is 1.55. The van der Waals surface area contributed by atoms with Crippen molar-refractivity contribution in [2.75, 3.05) is 0 Å². The van der Waals surface area contributed by atoms with E-state index >= 15 is 0 Å². The molecule has 1 aromatic rings. The third-order valence-electron chi connectivity index (χ3n) is 3.16. The van der Waals surface area contributed by atoms with Gasteiger partial charge in [-0.25, -0.2) is 8.42 Å². The molecule has 0 aliphatic carbocycles. The van der Waals surface area contributed by atoms with Gasteiger partial charge in [-0.2, -0.15) is 23.2 Å². The van der Waals surface area contributed by atoms with Gasteiger partial charge in [0.1, 0.15) is 12.1 Å². The van der Waals surface area contributed by atoms with Crippen molar-refractivity contribution in [2.45, 2.75) is 43.3 Å². The number of nitriles is 1. The Balaban J connectivity index is 3.23. The Morgan fingerprint density at radius 2 is 2.04 bits per heavy atom. The molecule has 1 aromatic carbocycles. The minimum Gasteiger partial charge on any atom is -0.480 e. The van der Waals surface area contributed by atoms with Gasteiger partial charge in [-0.15, -0.1) is 0 Å². The number of nitrogens with one attached hydrogen (secondary N) is 1. The Hall–Kier alpha value is -2.12. The zero-order chi connectivity index (χ0) is 18.5. The van der Waals surface area contributed by atoms with Gasteiger partial charge in [0.15, 0.2) is 0 Å². The van der Waals surface area contributed by atoms with E-state index in [1.165, 1.54) is 6.07 Å². The van der Waals surface area contributed by atoms with Crippen molar-refractivity contribution in [3.05, 3.63) is 29.3 Å². The molecule has 0 aliphatic rings. The number of hydrogen-bond donors (Lipinski definition) is 2. The molecule has 24 heavy (non-hydrogen) atoms. The maximum atomic E-state index is 12.6. The van der Waals surface area contributed by atoms with Gasteiger partial charge in [0.2, 0.25) is 10.0 Å². The van der Waals surface area contributed by atoms with E-state index in [0.29, 0.717) is 31.0 Å². The Morgan fingerprint density at radius 3 is 2.50 bits per heavy atom. The van der Waals surface area contributed by atoms with Gasteiger partial charge in [-0.1, -0.05) is 19.8 Å². The molecule has 132 valence electrons. The van der Waals surface area contributed by atoms with E-state index in [1.54, 1.807) is 6.92 Å². The highest BCUT2D eigenvalue weighted by Crippen LogP contribution is 2.31. The predicted octanol–water partition coefficient (Wildman–Crippen LogP) is 2.50. The van der Waals surface area contributed by atoms with Crippen LogP contribution in [0.1, 0.15) is 37.3 Å². The lowest BCUT2D eigenvalue weighted by atomic mass is 10.1. The SMILES string of the molecule is CCCC[C@H](NS(=O)(=O)c1ccc(C(F)(F)F)cc1C#N)C(=O)O. The minimum atomic E-state index is -4.73. The average Bonchev–Trinajstić information content (AvgIpc) is 2.49. The zero-order valence-electron chi connectivity index (χ0n) is 12.6. The van der Waals surface area contributed by atoms with Crippen LogP contribution >= 0.6 is 0 Å². The lowest BCUT2D eigenvalue weighted by Gasteiger charge is -2.16. The quantitative estimate of drug-likeness (QED) is 0.773. The summed E-state index contributed by atoms with van der Waals surface area (Å²) >= 11 is 0. The number of nitrogens with zero attached hydrogens (tertiary/aromatic N) is 1. The Kier molecular flexibility index (Phi) is 6.34. The molecular formula is C14H15F3N2O4S. The Labute approximate surface area is 137 Å². The molecule has 0 spiro atoms. The van der Waals surface area contributed by atoms with Crippen LogP contribution in [0.2, 0.25) is 0 Å². The van der Waals surface area contributed by atoms with E-state index in [4.69, 9.17) is 10.4 Å². The molecule has 0 unspecified atom stereocenters. The van der Waals surface area contributed by atoms with Crippen LogP contribution in [0.4, 0.5) is 13.2 Å². The van der Waals surface area contributed by atoms with Gasteiger partial charge in [-0.05, 0) is 24.6 Å². The molecule has 0 saturated carbocycles. The molecular weight excluding hydrogens is 349 g/mol. The molecule has 6 nitrogen and oxygen atoms in total. The predicted molar refractivity (Wildman–Crippen MR) is 77.4 cm³/mol. The molecule has 0 heterocycles. The minimum absolute atomic E-state index is 0.0214. The summed E-state index contributed by atoms with van der Waals surface area (Å²) in [5.41, 5.74) is -1.88. The van der Waals surface area contributed by atoms with Crippen LogP contribution in [-0.4, -0.2) is 25.5 Å². The maximum Gasteiger partial charge on any atom is 0.416 e. The molecule has 10 heteroatoms. The number of halogens is 3. The number of carboxylic acids is 1. The fourth-order valence-corrected chi connectivity index (χ4v) is 3.28. The van der Waals surface area contributed by atoms with Crippen LogP contribution in [0, 0.1) is 11.3 Å². The molecule has 1 atom stereocenters. The standard InChI is InChI=1S/C14H15F3N2O4S/c1-2-3-4-11(13(20)21)19-24(22,23)12-6-5-10(14(15,16)17)7-9(12)8-18/h5-7,11,19H,2-4H2,1H3,(H,20,21)/t11-/m0/s1. The number of carboxylic acid groups (broad SMARTS) is 1. The van der Waals surface area contributed by atoms with Crippen LogP contribution in [-0.2, 0) is 21.0 Å². The molecule has 0 aliphatic heterocycles. The number of rotatable bonds is 7. The first-order valence-electron chi connectivity index (χ1n) is 6.89. The molecule has 0 aromatic heterocycles. The van der Waals surface area contributed by atoms with Gasteiger partial charge in [0.25, 0.3) is 0 Å². The van der Waals surface area contributed by atoms with Crippen LogP contribution in [0.3, 0.4) is 0 Å². The summed E-state index contributed by atoms with van der Waals surface area (Å²) in [6.07, 6.45) is -3.63. The van der Waals surface area contributed by atoms with Crippen LogP contribution in [0.5, 0.6) is 0 Å². The maximum absolute atomic E-state index is 12.6. The van der Waals surface area contributed by atoms with Crippen molar-refractivity contribution in [2.24, 2.45) is 0 Å². The van der Waals surface area contributed by atoms with Gasteiger partial charge in [0.05, 0.1) is 16.0 Å². The Bertz CT molecular complexity index is 754. The average molecular weight is 364 g/mol. The number of aliphatic carboxylic acids is 1. The molecule has 2 N–H and O–H groups in total. The first kappa shape index (κ1) is 19.9. The lowest BCUT2D eigenvalue weighted by molar-refractivity contribution is -0.139. The van der Waals surface area contributed by atoms with Gasteiger partial charge < -0.3 is 5.11 Å². The normalized spacial score (nSPS) is 13.3. The fraction of sp³-hybridized carbons (Fsp3) is 0.429. The second-order valence-corrected chi connectivity index (χ2v) is 6.66. The summed E-state index contributed by atoms with van der Waals surface area (Å²) in [6.45, 7) is 1.79. The van der Waals surface area contributed by atoms with Crippen molar-refractivity contribution < 1.29 is 31.5 Å². The first-order valence-corrected chi connectivity index (χ1v) is 8.37. The molecule has 1 rings (SSSR count). The smallest absolute Gasteiger partial charge is 0.416 e. The summed E-state index contributed by atoms with van der Waals surface area (Å²) in [5, 5.41) is 18.0. The zero-order valence-corrected chi connectivity index (χ0v) is 13.4. The molecule has 0 bridgehead atoms. The summed E-state index contributed by atoms with van der Waals surface area (Å²) in [7, 11) is -4.46. The molecule has 0 fully saturated rings. The van der Waals surface area contributed by atoms with Crippen molar-refractivity contribution in [1.29, 1.82) is 5.26 Å². The van der Waals surface area contributed by atoms with Gasteiger partial charge in [0, 0.05) is 0 Å². The monoisotopic (exact) mass is 364 g/mol. The number of benzene rings is 1. The van der Waals surface area contributed by atoms with E-state index < -0.39 is 44.2 Å². The molecule has 0 radical (unpaired) electrons. The first-order chi connectivity index (χ1) is 11.0. The van der Waals surface area contributed by atoms with Gasteiger partial charge in [-0.3, -0.25) is 4.79 Å². The third kappa shape index (κ3) is 4.94. The van der Waals surface area contributed by atoms with E-state index in [1.807, 2.05) is 4.72 Å². The Morgan fingerprint density at radius 1 is 1.42 bits per heavy atom. The fourth-order valence-electron chi connectivity index (χ4n) is 1.92. The van der Waals surface area contributed by atoms with Crippen molar-refractivity contribution in [3.8, 4) is 6.07 Å². The number of carbonyl (C=O) groups is 1. The second-order valence-electron chi connectivity index (χ2n) is 4.97. The number of unbranched alkanes of at least 4 members (excludes halogenated alkanes) is 1. The van der Waals surface area contributed by atoms with Gasteiger partial charge >= 0.3 is 12.1 Å². The summed E-state index contributed by atoms with van der Waals surface area (Å²) in [4.78, 5) is 10.4. The van der Waals surface area contributed by atoms with E-state index in [0.717, 1.165) is 0 Å². The van der Waals surface area contributed by atoms with Crippen LogP contribution in [0.25, 0.3) is 0 Å². The van der Waals surface area contributed by atoms with Crippen molar-refractivity contribution in [3.63, 3.8) is 0 Å². The van der Waals surface area contributed by atoms with Crippen LogP contribution < -0.4 is 4.72 Å².